The highest BCUT2D eigenvalue weighted by Crippen LogP contribution is 2.25. The lowest BCUT2D eigenvalue weighted by molar-refractivity contribution is 0.433. The Morgan fingerprint density at radius 1 is 1.19 bits per heavy atom. The Hall–Kier alpha value is -2.01. The van der Waals surface area contributed by atoms with Crippen molar-refractivity contribution in [1.29, 1.82) is 0 Å². The molecule has 0 N–H and O–H groups in total. The van der Waals surface area contributed by atoms with Crippen molar-refractivity contribution in [2.75, 3.05) is 0 Å². The molecule has 0 aromatic carbocycles. The summed E-state index contributed by atoms with van der Waals surface area (Å²) in [5.74, 6) is 1.12. The lowest BCUT2D eigenvalue weighted by Crippen LogP contribution is -1.80. The smallest absolute Gasteiger partial charge is 0.268 e. The van der Waals surface area contributed by atoms with Gasteiger partial charge in [-0.25, -0.2) is 0 Å². The van der Waals surface area contributed by atoms with Gasteiger partial charge < -0.3 is 4.52 Å². The summed E-state index contributed by atoms with van der Waals surface area (Å²) in [6.07, 6.45) is 3.42. The first-order valence-corrected chi connectivity index (χ1v) is 5.59. The standard InChI is InChI=1S/C11H7N3OS/c1-3-8(7-12-5-1)10-13-11(15-14-10)9-4-2-6-16-9/h1-7H. The zero-order valence-corrected chi connectivity index (χ0v) is 9.02. The molecule has 16 heavy (non-hydrogen) atoms. The minimum absolute atomic E-state index is 0.550. The van der Waals surface area contributed by atoms with Crippen molar-refractivity contribution in [3.8, 4) is 22.2 Å². The van der Waals surface area contributed by atoms with Crippen LogP contribution in [0.1, 0.15) is 0 Å². The molecule has 78 valence electrons. The Balaban J connectivity index is 2.00. The molecule has 0 amide bonds. The van der Waals surface area contributed by atoms with Gasteiger partial charge in [0.2, 0.25) is 5.82 Å². The fourth-order valence-electron chi connectivity index (χ4n) is 1.34. The predicted molar refractivity (Wildman–Crippen MR) is 60.8 cm³/mol. The second-order valence-corrected chi connectivity index (χ2v) is 4.09. The molecular weight excluding hydrogens is 222 g/mol. The average molecular weight is 229 g/mol. The quantitative estimate of drug-likeness (QED) is 0.678. The number of pyridine rings is 1. The topological polar surface area (TPSA) is 51.8 Å². The summed E-state index contributed by atoms with van der Waals surface area (Å²) in [6.45, 7) is 0. The molecule has 5 heteroatoms. The lowest BCUT2D eigenvalue weighted by atomic mass is 10.3. The zero-order chi connectivity index (χ0) is 10.8. The van der Waals surface area contributed by atoms with Crippen molar-refractivity contribution >= 4 is 11.3 Å². The zero-order valence-electron chi connectivity index (χ0n) is 8.20. The monoisotopic (exact) mass is 229 g/mol. The van der Waals surface area contributed by atoms with Crippen LogP contribution in [-0.4, -0.2) is 15.1 Å². The maximum Gasteiger partial charge on any atom is 0.268 e. The fourth-order valence-corrected chi connectivity index (χ4v) is 1.98. The first-order chi connectivity index (χ1) is 7.93. The summed E-state index contributed by atoms with van der Waals surface area (Å²) in [5.41, 5.74) is 0.856. The Labute approximate surface area is 95.6 Å². The van der Waals surface area contributed by atoms with Crippen LogP contribution in [0.2, 0.25) is 0 Å². The van der Waals surface area contributed by atoms with Gasteiger partial charge in [0, 0.05) is 18.0 Å². The van der Waals surface area contributed by atoms with Crippen LogP contribution in [-0.2, 0) is 0 Å². The first-order valence-electron chi connectivity index (χ1n) is 4.71. The van der Waals surface area contributed by atoms with Crippen molar-refractivity contribution < 1.29 is 4.52 Å². The van der Waals surface area contributed by atoms with E-state index in [1.165, 1.54) is 0 Å². The SMILES string of the molecule is c1cncc(-c2noc(-c3cccs3)n2)c1. The molecule has 4 nitrogen and oxygen atoms in total. The van der Waals surface area contributed by atoms with Gasteiger partial charge >= 0.3 is 0 Å². The summed E-state index contributed by atoms with van der Waals surface area (Å²) in [6, 6.07) is 7.64. The van der Waals surface area contributed by atoms with Crippen LogP contribution in [0.25, 0.3) is 22.2 Å². The van der Waals surface area contributed by atoms with Gasteiger partial charge in [-0.15, -0.1) is 11.3 Å². The summed E-state index contributed by atoms with van der Waals surface area (Å²) >= 11 is 1.57. The molecule has 0 aliphatic carbocycles. The second kappa shape index (κ2) is 3.86. The number of thiophene rings is 1. The number of rotatable bonds is 2. The first kappa shape index (κ1) is 9.23. The summed E-state index contributed by atoms with van der Waals surface area (Å²) < 4.78 is 5.18. The van der Waals surface area contributed by atoms with Gasteiger partial charge in [-0.05, 0) is 23.6 Å². The molecule has 3 aromatic heterocycles. The van der Waals surface area contributed by atoms with E-state index < -0.39 is 0 Å². The fraction of sp³-hybridized carbons (Fsp3) is 0. The number of aromatic nitrogens is 3. The summed E-state index contributed by atoms with van der Waals surface area (Å²) in [7, 11) is 0. The molecule has 3 heterocycles. The largest absolute Gasteiger partial charge is 0.333 e. The number of hydrogen-bond donors (Lipinski definition) is 0. The van der Waals surface area contributed by atoms with E-state index in [0.29, 0.717) is 11.7 Å². The number of hydrogen-bond acceptors (Lipinski definition) is 5. The van der Waals surface area contributed by atoms with Gasteiger partial charge in [0.15, 0.2) is 0 Å². The van der Waals surface area contributed by atoms with Crippen LogP contribution in [0.15, 0.2) is 46.6 Å². The summed E-state index contributed by atoms with van der Waals surface area (Å²) in [4.78, 5) is 9.30. The lowest BCUT2D eigenvalue weighted by Gasteiger charge is -1.89. The second-order valence-electron chi connectivity index (χ2n) is 3.14. The third kappa shape index (κ3) is 1.61. The molecule has 3 aromatic rings. The highest BCUT2D eigenvalue weighted by atomic mass is 32.1. The molecule has 0 bridgehead atoms. The van der Waals surface area contributed by atoms with E-state index in [0.717, 1.165) is 10.4 Å². The molecule has 0 aliphatic heterocycles. The Bertz CT molecular complexity index is 574. The van der Waals surface area contributed by atoms with Gasteiger partial charge in [-0.2, -0.15) is 4.98 Å². The van der Waals surface area contributed by atoms with Crippen LogP contribution in [0.5, 0.6) is 0 Å². The Morgan fingerprint density at radius 2 is 2.19 bits per heavy atom. The van der Waals surface area contributed by atoms with E-state index >= 15 is 0 Å². The maximum absolute atomic E-state index is 5.18. The van der Waals surface area contributed by atoms with Crippen LogP contribution >= 0.6 is 11.3 Å². The van der Waals surface area contributed by atoms with Gasteiger partial charge in [0.25, 0.3) is 5.89 Å². The van der Waals surface area contributed by atoms with E-state index in [2.05, 4.69) is 15.1 Å². The van der Waals surface area contributed by atoms with Crippen LogP contribution in [0.4, 0.5) is 0 Å². The van der Waals surface area contributed by atoms with Gasteiger partial charge in [-0.1, -0.05) is 11.2 Å². The predicted octanol–water partition coefficient (Wildman–Crippen LogP) is 2.86. The van der Waals surface area contributed by atoms with Gasteiger partial charge in [0.1, 0.15) is 0 Å². The highest BCUT2D eigenvalue weighted by molar-refractivity contribution is 7.13. The van der Waals surface area contributed by atoms with Crippen LogP contribution < -0.4 is 0 Å². The molecule has 0 aliphatic rings. The molecule has 3 rings (SSSR count). The minimum atomic E-state index is 0.550. The summed E-state index contributed by atoms with van der Waals surface area (Å²) in [5, 5.41) is 5.90. The normalized spacial score (nSPS) is 10.5. The van der Waals surface area contributed by atoms with Gasteiger partial charge in [0.05, 0.1) is 4.88 Å². The van der Waals surface area contributed by atoms with Crippen molar-refractivity contribution in [2.45, 2.75) is 0 Å². The van der Waals surface area contributed by atoms with Crippen molar-refractivity contribution in [2.24, 2.45) is 0 Å². The molecule has 0 atom stereocenters. The molecule has 0 fully saturated rings. The molecule has 0 saturated heterocycles. The van der Waals surface area contributed by atoms with Crippen molar-refractivity contribution in [3.05, 3.63) is 42.0 Å². The van der Waals surface area contributed by atoms with E-state index in [1.54, 1.807) is 23.7 Å². The van der Waals surface area contributed by atoms with Gasteiger partial charge in [-0.3, -0.25) is 4.98 Å². The van der Waals surface area contributed by atoms with Crippen molar-refractivity contribution in [1.82, 2.24) is 15.1 Å². The van der Waals surface area contributed by atoms with Crippen LogP contribution in [0.3, 0.4) is 0 Å². The molecular formula is C11H7N3OS. The number of nitrogens with zero attached hydrogens (tertiary/aromatic N) is 3. The molecule has 0 saturated carbocycles. The highest BCUT2D eigenvalue weighted by Gasteiger charge is 2.10. The average Bonchev–Trinajstić information content (AvgIpc) is 3.01. The van der Waals surface area contributed by atoms with E-state index in [4.69, 9.17) is 4.52 Å². The third-order valence-electron chi connectivity index (χ3n) is 2.08. The van der Waals surface area contributed by atoms with Crippen LogP contribution in [0, 0.1) is 0 Å². The van der Waals surface area contributed by atoms with Crippen molar-refractivity contribution in [3.63, 3.8) is 0 Å². The minimum Gasteiger partial charge on any atom is -0.333 e. The van der Waals surface area contributed by atoms with E-state index in [1.807, 2.05) is 29.6 Å². The van der Waals surface area contributed by atoms with E-state index in [-0.39, 0.29) is 0 Å². The molecule has 0 unspecified atom stereocenters. The third-order valence-corrected chi connectivity index (χ3v) is 2.94. The maximum atomic E-state index is 5.18. The molecule has 0 spiro atoms. The Kier molecular flexibility index (Phi) is 2.23. The molecule has 0 radical (unpaired) electrons. The Morgan fingerprint density at radius 3 is 2.94 bits per heavy atom. The van der Waals surface area contributed by atoms with E-state index in [9.17, 15) is 0 Å².